The summed E-state index contributed by atoms with van der Waals surface area (Å²) in [4.78, 5) is 28.0. The average molecular weight is 365 g/mol. The number of amides is 1. The second kappa shape index (κ2) is 8.61. The first-order valence-electron chi connectivity index (χ1n) is 7.28. The fourth-order valence-corrected chi connectivity index (χ4v) is 2.91. The lowest BCUT2D eigenvalue weighted by Gasteiger charge is -2.12. The van der Waals surface area contributed by atoms with E-state index in [2.05, 4.69) is 16.9 Å². The topological polar surface area (TPSA) is 68.3 Å². The number of carbonyl (C=O) groups is 2. The molecule has 1 aromatic carbocycles. The summed E-state index contributed by atoms with van der Waals surface area (Å²) in [7, 11) is 0. The van der Waals surface area contributed by atoms with Crippen molar-refractivity contribution in [2.45, 2.75) is 19.4 Å². The predicted octanol–water partition coefficient (Wildman–Crippen LogP) is 3.24. The van der Waals surface area contributed by atoms with Gasteiger partial charge >= 0.3 is 5.97 Å². The molecule has 0 saturated carbocycles. The minimum Gasteiger partial charge on any atom is -0.452 e. The highest BCUT2D eigenvalue weighted by molar-refractivity contribution is 7.13. The Morgan fingerprint density at radius 1 is 1.50 bits per heavy atom. The minimum atomic E-state index is -0.858. The molecule has 7 heteroatoms. The summed E-state index contributed by atoms with van der Waals surface area (Å²) in [5.74, 6) is -0.861. The second-order valence-corrected chi connectivity index (χ2v) is 6.29. The quantitative estimate of drug-likeness (QED) is 0.605. The lowest BCUT2D eigenvalue weighted by Crippen LogP contribution is -2.36. The van der Waals surface area contributed by atoms with E-state index < -0.39 is 12.1 Å². The van der Waals surface area contributed by atoms with Crippen LogP contribution in [0, 0.1) is 0 Å². The van der Waals surface area contributed by atoms with Gasteiger partial charge in [-0.2, -0.15) is 0 Å². The lowest BCUT2D eigenvalue weighted by atomic mass is 10.2. The molecule has 1 atom stereocenters. The van der Waals surface area contributed by atoms with E-state index in [1.165, 1.54) is 18.3 Å². The van der Waals surface area contributed by atoms with Crippen molar-refractivity contribution in [1.29, 1.82) is 0 Å². The maximum atomic E-state index is 11.9. The molecule has 0 bridgehead atoms. The fraction of sp³-hybridized carbons (Fsp3) is 0.235. The van der Waals surface area contributed by atoms with Gasteiger partial charge in [-0.25, -0.2) is 4.98 Å². The summed E-state index contributed by atoms with van der Waals surface area (Å²) in [6, 6.07) is 7.35. The van der Waals surface area contributed by atoms with Crippen LogP contribution in [0.1, 0.15) is 12.6 Å². The lowest BCUT2D eigenvalue weighted by molar-refractivity contribution is -0.154. The molecule has 0 aliphatic carbocycles. The number of benzene rings is 1. The number of nitrogens with one attached hydrogen (secondary N) is 1. The number of hydrogen-bond acceptors (Lipinski definition) is 5. The van der Waals surface area contributed by atoms with Gasteiger partial charge in [-0.3, -0.25) is 9.59 Å². The molecule has 126 valence electrons. The van der Waals surface area contributed by atoms with Crippen molar-refractivity contribution in [1.82, 2.24) is 10.3 Å². The number of thiazole rings is 1. The van der Waals surface area contributed by atoms with Gasteiger partial charge in [0.15, 0.2) is 6.10 Å². The number of aromatic nitrogens is 1. The molecule has 2 rings (SSSR count). The van der Waals surface area contributed by atoms with E-state index in [0.29, 0.717) is 17.3 Å². The maximum Gasteiger partial charge on any atom is 0.312 e. The summed E-state index contributed by atoms with van der Waals surface area (Å²) in [5, 5.41) is 5.77. The standard InChI is InChI=1S/C17H17ClN2O3S/c1-3-7-19-16(22)11(2)23-15(21)9-14-10-24-17(20-14)12-5-4-6-13(18)8-12/h3-6,8,10-11H,1,7,9H2,2H3,(H,19,22)/t11-/m1/s1. The third-order valence-electron chi connectivity index (χ3n) is 3.05. The predicted molar refractivity (Wildman–Crippen MR) is 95.0 cm³/mol. The van der Waals surface area contributed by atoms with Crippen LogP contribution < -0.4 is 5.32 Å². The van der Waals surface area contributed by atoms with Crippen LogP contribution in [-0.2, 0) is 20.7 Å². The molecule has 0 saturated heterocycles. The van der Waals surface area contributed by atoms with Gasteiger partial charge in [0.1, 0.15) is 5.01 Å². The Morgan fingerprint density at radius 2 is 2.29 bits per heavy atom. The van der Waals surface area contributed by atoms with E-state index in [1.54, 1.807) is 17.5 Å². The van der Waals surface area contributed by atoms with E-state index in [1.807, 2.05) is 18.2 Å². The number of esters is 1. The molecule has 1 N–H and O–H groups in total. The number of halogens is 1. The Hall–Kier alpha value is -2.18. The van der Waals surface area contributed by atoms with E-state index in [4.69, 9.17) is 16.3 Å². The van der Waals surface area contributed by atoms with E-state index >= 15 is 0 Å². The first-order chi connectivity index (χ1) is 11.5. The third kappa shape index (κ3) is 5.18. The van der Waals surface area contributed by atoms with Crippen molar-refractivity contribution >= 4 is 34.8 Å². The molecule has 0 unspecified atom stereocenters. The zero-order chi connectivity index (χ0) is 17.5. The van der Waals surface area contributed by atoms with Crippen LogP contribution >= 0.6 is 22.9 Å². The van der Waals surface area contributed by atoms with Crippen LogP contribution in [0.3, 0.4) is 0 Å². The molecule has 0 radical (unpaired) electrons. The largest absolute Gasteiger partial charge is 0.452 e. The number of hydrogen-bond donors (Lipinski definition) is 1. The van der Waals surface area contributed by atoms with Crippen LogP contribution in [0.2, 0.25) is 5.02 Å². The molecule has 0 fully saturated rings. The van der Waals surface area contributed by atoms with Gasteiger partial charge in [-0.1, -0.05) is 29.8 Å². The normalized spacial score (nSPS) is 11.6. The SMILES string of the molecule is C=CCNC(=O)[C@@H](C)OC(=O)Cc1csc(-c2cccc(Cl)c2)n1. The minimum absolute atomic E-state index is 0.0101. The summed E-state index contributed by atoms with van der Waals surface area (Å²) >= 11 is 7.39. The van der Waals surface area contributed by atoms with Gasteiger partial charge in [0, 0.05) is 22.5 Å². The molecule has 0 aliphatic rings. The monoisotopic (exact) mass is 364 g/mol. The zero-order valence-corrected chi connectivity index (χ0v) is 14.7. The van der Waals surface area contributed by atoms with Gasteiger partial charge in [0.2, 0.25) is 0 Å². The van der Waals surface area contributed by atoms with Crippen molar-refractivity contribution in [3.8, 4) is 10.6 Å². The van der Waals surface area contributed by atoms with Gasteiger partial charge in [-0.15, -0.1) is 17.9 Å². The first kappa shape index (κ1) is 18.2. The Bertz CT molecular complexity index is 745. The Balaban J connectivity index is 1.93. The molecule has 1 aromatic heterocycles. The molecular weight excluding hydrogens is 348 g/mol. The van der Waals surface area contributed by atoms with Crippen molar-refractivity contribution in [3.63, 3.8) is 0 Å². The van der Waals surface area contributed by atoms with Crippen molar-refractivity contribution < 1.29 is 14.3 Å². The Morgan fingerprint density at radius 3 is 3.00 bits per heavy atom. The summed E-state index contributed by atoms with van der Waals surface area (Å²) < 4.78 is 5.11. The van der Waals surface area contributed by atoms with Crippen LogP contribution in [0.25, 0.3) is 10.6 Å². The number of carbonyl (C=O) groups excluding carboxylic acids is 2. The molecule has 2 aromatic rings. The van der Waals surface area contributed by atoms with Gasteiger partial charge in [-0.05, 0) is 19.1 Å². The zero-order valence-electron chi connectivity index (χ0n) is 13.1. The third-order valence-corrected chi connectivity index (χ3v) is 4.22. The van der Waals surface area contributed by atoms with Crippen LogP contribution in [0.5, 0.6) is 0 Å². The molecule has 24 heavy (non-hydrogen) atoms. The van der Waals surface area contributed by atoms with Crippen molar-refractivity contribution in [2.75, 3.05) is 6.54 Å². The van der Waals surface area contributed by atoms with Crippen LogP contribution in [0.4, 0.5) is 0 Å². The number of nitrogens with zero attached hydrogens (tertiary/aromatic N) is 1. The Kier molecular flexibility index (Phi) is 6.52. The van der Waals surface area contributed by atoms with Crippen molar-refractivity contribution in [2.24, 2.45) is 0 Å². The summed E-state index contributed by atoms with van der Waals surface area (Å²) in [6.07, 6.45) is 0.707. The van der Waals surface area contributed by atoms with Gasteiger partial charge in [0.25, 0.3) is 5.91 Å². The maximum absolute atomic E-state index is 11.9. The molecular formula is C17H17ClN2O3S. The van der Waals surface area contributed by atoms with Gasteiger partial charge < -0.3 is 10.1 Å². The van der Waals surface area contributed by atoms with E-state index in [-0.39, 0.29) is 12.3 Å². The molecule has 0 spiro atoms. The molecule has 5 nitrogen and oxygen atoms in total. The highest BCUT2D eigenvalue weighted by Crippen LogP contribution is 2.26. The highest BCUT2D eigenvalue weighted by atomic mass is 35.5. The first-order valence-corrected chi connectivity index (χ1v) is 8.53. The van der Waals surface area contributed by atoms with E-state index in [0.717, 1.165) is 10.6 Å². The van der Waals surface area contributed by atoms with Crippen LogP contribution in [0.15, 0.2) is 42.3 Å². The molecule has 0 aliphatic heterocycles. The summed E-state index contributed by atoms with van der Waals surface area (Å²) in [6.45, 7) is 5.36. The highest BCUT2D eigenvalue weighted by Gasteiger charge is 2.18. The van der Waals surface area contributed by atoms with Gasteiger partial charge in [0.05, 0.1) is 12.1 Å². The van der Waals surface area contributed by atoms with Crippen LogP contribution in [-0.4, -0.2) is 29.5 Å². The van der Waals surface area contributed by atoms with Crippen molar-refractivity contribution in [3.05, 3.63) is 53.0 Å². The Labute approximate surface area is 149 Å². The number of ether oxygens (including phenoxy) is 1. The van der Waals surface area contributed by atoms with E-state index in [9.17, 15) is 9.59 Å². The number of rotatable bonds is 7. The second-order valence-electron chi connectivity index (χ2n) is 5.00. The molecule has 1 amide bonds. The average Bonchev–Trinajstić information content (AvgIpc) is 3.00. The fourth-order valence-electron chi connectivity index (χ4n) is 1.90. The molecule has 1 heterocycles. The smallest absolute Gasteiger partial charge is 0.312 e. The summed E-state index contributed by atoms with van der Waals surface area (Å²) in [5.41, 5.74) is 1.49.